The molecule has 3 unspecified atom stereocenters. The van der Waals surface area contributed by atoms with Gasteiger partial charge in [0.25, 0.3) is 5.91 Å². The van der Waals surface area contributed by atoms with Gasteiger partial charge in [-0.25, -0.2) is 14.2 Å². The van der Waals surface area contributed by atoms with Crippen LogP contribution in [0.5, 0.6) is 11.5 Å². The van der Waals surface area contributed by atoms with Crippen molar-refractivity contribution in [3.8, 4) is 17.2 Å². The van der Waals surface area contributed by atoms with E-state index in [9.17, 15) is 24.3 Å². The summed E-state index contributed by atoms with van der Waals surface area (Å²) >= 11 is 0. The van der Waals surface area contributed by atoms with Crippen LogP contribution in [-0.4, -0.2) is 75.0 Å². The van der Waals surface area contributed by atoms with Crippen LogP contribution in [0, 0.1) is 5.82 Å². The third-order valence-corrected chi connectivity index (χ3v) is 8.44. The van der Waals surface area contributed by atoms with Crippen molar-refractivity contribution in [2.24, 2.45) is 0 Å². The summed E-state index contributed by atoms with van der Waals surface area (Å²) in [4.78, 5) is 56.8. The predicted molar refractivity (Wildman–Crippen MR) is 164 cm³/mol. The van der Waals surface area contributed by atoms with Crippen molar-refractivity contribution in [2.75, 3.05) is 24.5 Å². The van der Waals surface area contributed by atoms with Gasteiger partial charge in [0.1, 0.15) is 23.0 Å². The quantitative estimate of drug-likeness (QED) is 0.152. The van der Waals surface area contributed by atoms with Crippen LogP contribution in [0.25, 0.3) is 16.6 Å². The Kier molecular flexibility index (Phi) is 7.52. The molecule has 0 spiro atoms. The normalized spacial score (nSPS) is 19.7. The highest BCUT2D eigenvalue weighted by molar-refractivity contribution is 6.01. The molecule has 2 saturated heterocycles. The summed E-state index contributed by atoms with van der Waals surface area (Å²) < 4.78 is 25.9. The Hall–Kier alpha value is -5.44. The number of carbonyl (C=O) groups excluding carboxylic acids is 3. The fourth-order valence-corrected chi connectivity index (χ4v) is 6.24. The molecule has 0 saturated carbocycles. The minimum absolute atomic E-state index is 0.00615. The number of aromatic nitrogens is 3. The van der Waals surface area contributed by atoms with Crippen molar-refractivity contribution in [3.05, 3.63) is 76.9 Å². The van der Waals surface area contributed by atoms with Gasteiger partial charge in [-0.3, -0.25) is 14.4 Å². The Bertz CT molecular complexity index is 1910. The number of nitrogens with one attached hydrogen (secondary N) is 4. The highest BCUT2D eigenvalue weighted by atomic mass is 19.1. The zero-order valence-corrected chi connectivity index (χ0v) is 24.5. The van der Waals surface area contributed by atoms with E-state index in [0.29, 0.717) is 49.4 Å². The van der Waals surface area contributed by atoms with E-state index < -0.39 is 35.5 Å². The van der Waals surface area contributed by atoms with Gasteiger partial charge in [-0.05, 0) is 31.0 Å². The van der Waals surface area contributed by atoms with Crippen LogP contribution >= 0.6 is 0 Å². The lowest BCUT2D eigenvalue weighted by Gasteiger charge is -2.29. The third-order valence-electron chi connectivity index (χ3n) is 8.44. The van der Waals surface area contributed by atoms with Crippen molar-refractivity contribution in [2.45, 2.75) is 44.1 Å². The summed E-state index contributed by atoms with van der Waals surface area (Å²) in [5.74, 6) is -1.05. The Balaban J connectivity index is 1.16. The van der Waals surface area contributed by atoms with Gasteiger partial charge in [-0.15, -0.1) is 0 Å². The summed E-state index contributed by atoms with van der Waals surface area (Å²) in [7, 11) is 0. The van der Waals surface area contributed by atoms with Gasteiger partial charge in [0, 0.05) is 50.8 Å². The van der Waals surface area contributed by atoms with Gasteiger partial charge in [-0.2, -0.15) is 0 Å². The lowest BCUT2D eigenvalue weighted by atomic mass is 10.1. The number of fused-ring (bicyclic) bond motifs is 2. The molecule has 4 amide bonds. The molecular formula is C31H31FN8O6. The van der Waals surface area contributed by atoms with E-state index in [1.165, 1.54) is 6.20 Å². The molecule has 7 rings (SSSR count). The maximum absolute atomic E-state index is 16.0. The summed E-state index contributed by atoms with van der Waals surface area (Å²) in [6.07, 6.45) is 6.48. The first-order valence-corrected chi connectivity index (χ1v) is 15.0. The van der Waals surface area contributed by atoms with Gasteiger partial charge in [-0.1, -0.05) is 12.1 Å². The number of aliphatic hydroxyl groups is 1. The first-order chi connectivity index (χ1) is 22.3. The monoisotopic (exact) mass is 630 g/mol. The average molecular weight is 631 g/mol. The molecule has 15 heteroatoms. The number of carbonyl (C=O) groups is 3. The highest BCUT2D eigenvalue weighted by Gasteiger charge is 2.35. The Morgan fingerprint density at radius 3 is 2.83 bits per heavy atom. The van der Waals surface area contributed by atoms with Gasteiger partial charge in [0.15, 0.2) is 17.3 Å². The van der Waals surface area contributed by atoms with E-state index in [-0.39, 0.29) is 47.3 Å². The number of ether oxygens (including phenoxy) is 1. The number of anilines is 1. The number of imidazole rings is 1. The summed E-state index contributed by atoms with van der Waals surface area (Å²) in [6, 6.07) is 6.59. The lowest BCUT2D eigenvalue weighted by molar-refractivity contribution is -0.122. The van der Waals surface area contributed by atoms with E-state index in [4.69, 9.17) is 4.74 Å². The van der Waals surface area contributed by atoms with Crippen molar-refractivity contribution in [1.29, 1.82) is 0 Å². The number of urea groups is 1. The van der Waals surface area contributed by atoms with Crippen LogP contribution in [0.1, 0.15) is 29.6 Å². The van der Waals surface area contributed by atoms with E-state index in [2.05, 4.69) is 26.3 Å². The Morgan fingerprint density at radius 2 is 2.04 bits per heavy atom. The standard InChI is InChI=1S/C31H31FN8O6/c32-20-12-18-25-28(26(20)39-10-6-17(14-39)35-24(41)13-21-30(44)37-31(45)36-21)46-23-5-2-1-4-22(23)40(25)15-19(27(18)42)29(43)34-7-3-9-38-11-8-33-16-38/h1-2,4-5,8,11-12,15-17,21,30,44H,3,6-7,9-10,13-14H2,(H,34,43)(H,35,41)(H2,36,37,45). The molecule has 2 aromatic carbocycles. The number of rotatable bonds is 9. The van der Waals surface area contributed by atoms with Crippen molar-refractivity contribution >= 4 is 34.4 Å². The number of hydrogen-bond acceptors (Lipinski definition) is 8. The van der Waals surface area contributed by atoms with E-state index in [1.807, 2.05) is 10.8 Å². The summed E-state index contributed by atoms with van der Waals surface area (Å²) in [5, 5.41) is 20.4. The van der Waals surface area contributed by atoms with Gasteiger partial charge in [0.05, 0.1) is 29.9 Å². The maximum Gasteiger partial charge on any atom is 0.317 e. The molecule has 0 bridgehead atoms. The lowest BCUT2D eigenvalue weighted by Crippen LogP contribution is -2.42. The SMILES string of the molecule is O=C(CC1NC(=O)NC1O)NC1CCN(c2c(F)cc3c(=O)c(C(=O)NCCCn4ccnc4)cn4c3c2Oc2ccccc2-4)C1. The number of nitrogens with zero attached hydrogens (tertiary/aromatic N) is 4. The molecule has 14 nitrogen and oxygen atoms in total. The van der Waals surface area contributed by atoms with Crippen molar-refractivity contribution in [3.63, 3.8) is 0 Å². The highest BCUT2D eigenvalue weighted by Crippen LogP contribution is 2.47. The number of amides is 4. The fourth-order valence-electron chi connectivity index (χ4n) is 6.24. The molecule has 2 fully saturated rings. The average Bonchev–Trinajstić information content (AvgIpc) is 3.78. The van der Waals surface area contributed by atoms with Crippen LogP contribution in [0.15, 0.2) is 60.0 Å². The molecule has 3 atom stereocenters. The molecule has 238 valence electrons. The molecule has 0 radical (unpaired) electrons. The van der Waals surface area contributed by atoms with Gasteiger partial charge in [0.2, 0.25) is 11.3 Å². The second kappa shape index (κ2) is 11.8. The molecule has 46 heavy (non-hydrogen) atoms. The van der Waals surface area contributed by atoms with Crippen LogP contribution in [0.4, 0.5) is 14.9 Å². The predicted octanol–water partition coefficient (Wildman–Crippen LogP) is 1.34. The molecule has 5 heterocycles. The molecule has 3 aliphatic heterocycles. The third kappa shape index (κ3) is 5.38. The van der Waals surface area contributed by atoms with Crippen LogP contribution < -0.4 is 36.3 Å². The topological polar surface area (TPSA) is 172 Å². The minimum atomic E-state index is -1.17. The number of aryl methyl sites for hydroxylation is 1. The molecule has 4 aromatic rings. The Labute approximate surface area is 261 Å². The summed E-state index contributed by atoms with van der Waals surface area (Å²) in [5.41, 5.74) is 0.339. The molecule has 5 N–H and O–H groups in total. The zero-order chi connectivity index (χ0) is 31.9. The minimum Gasteiger partial charge on any atom is -0.451 e. The second-order valence-corrected chi connectivity index (χ2v) is 11.5. The van der Waals surface area contributed by atoms with Crippen LogP contribution in [-0.2, 0) is 11.3 Å². The van der Waals surface area contributed by atoms with E-state index in [0.717, 1.165) is 6.07 Å². The fraction of sp³-hybridized carbons (Fsp3) is 0.323. The zero-order valence-electron chi connectivity index (χ0n) is 24.5. The second-order valence-electron chi connectivity index (χ2n) is 11.5. The van der Waals surface area contributed by atoms with Crippen molar-refractivity contribution < 1.29 is 28.6 Å². The van der Waals surface area contributed by atoms with E-state index in [1.54, 1.807) is 46.3 Å². The number of hydrogen-bond donors (Lipinski definition) is 5. The molecule has 0 aliphatic carbocycles. The molecule has 2 aromatic heterocycles. The van der Waals surface area contributed by atoms with E-state index >= 15 is 4.39 Å². The van der Waals surface area contributed by atoms with Crippen molar-refractivity contribution in [1.82, 2.24) is 35.4 Å². The van der Waals surface area contributed by atoms with Crippen LogP contribution in [0.3, 0.4) is 0 Å². The number of para-hydroxylation sites is 2. The Morgan fingerprint density at radius 1 is 1.20 bits per heavy atom. The first-order valence-electron chi connectivity index (χ1n) is 15.0. The smallest absolute Gasteiger partial charge is 0.317 e. The van der Waals surface area contributed by atoms with Crippen LogP contribution in [0.2, 0.25) is 0 Å². The largest absolute Gasteiger partial charge is 0.451 e. The number of halogens is 1. The maximum atomic E-state index is 16.0. The number of pyridine rings is 1. The number of benzene rings is 2. The number of aliphatic hydroxyl groups excluding tert-OH is 1. The first kappa shape index (κ1) is 29.3. The molecular weight excluding hydrogens is 599 g/mol. The van der Waals surface area contributed by atoms with Gasteiger partial charge < -0.3 is 45.1 Å². The van der Waals surface area contributed by atoms with Gasteiger partial charge >= 0.3 is 6.03 Å². The summed E-state index contributed by atoms with van der Waals surface area (Å²) in [6.45, 7) is 1.62. The molecule has 3 aliphatic rings.